The van der Waals surface area contributed by atoms with E-state index in [0.29, 0.717) is 16.1 Å². The summed E-state index contributed by atoms with van der Waals surface area (Å²) in [5.74, 6) is 1.32. The predicted octanol–water partition coefficient (Wildman–Crippen LogP) is 4.87. The first kappa shape index (κ1) is 20.4. The number of carbonyl (C=O) groups is 1. The molecular formula is C21H20ClN5O2S. The summed E-state index contributed by atoms with van der Waals surface area (Å²) >= 11 is 7.09. The number of hydrogen-bond acceptors (Lipinski definition) is 6. The van der Waals surface area contributed by atoms with Crippen molar-refractivity contribution in [3.05, 3.63) is 59.4 Å². The van der Waals surface area contributed by atoms with Gasteiger partial charge in [0.1, 0.15) is 5.82 Å². The summed E-state index contributed by atoms with van der Waals surface area (Å²) in [5, 5.41) is 12.0. The number of aromatic amines is 1. The molecule has 0 aliphatic rings. The molecule has 0 saturated heterocycles. The molecular weight excluding hydrogens is 422 g/mol. The molecule has 0 aliphatic carbocycles. The SMILES string of the molecule is CC(C)C(NC(=O)CSc1nnc(-c2ccc(Cl)cc2)o1)c1nc2ccccc2[nH]1. The highest BCUT2D eigenvalue weighted by Crippen LogP contribution is 2.25. The Hall–Kier alpha value is -2.84. The molecule has 0 aliphatic heterocycles. The number of rotatable bonds is 7. The summed E-state index contributed by atoms with van der Waals surface area (Å²) in [5.41, 5.74) is 2.60. The van der Waals surface area contributed by atoms with Crippen molar-refractivity contribution in [3.8, 4) is 11.5 Å². The number of fused-ring (bicyclic) bond motifs is 1. The van der Waals surface area contributed by atoms with Crippen molar-refractivity contribution < 1.29 is 9.21 Å². The minimum Gasteiger partial charge on any atom is -0.411 e. The second-order valence-corrected chi connectivity index (χ2v) is 8.46. The quantitative estimate of drug-likeness (QED) is 0.397. The number of benzene rings is 2. The molecule has 0 saturated carbocycles. The monoisotopic (exact) mass is 441 g/mol. The summed E-state index contributed by atoms with van der Waals surface area (Å²) in [6.07, 6.45) is 0. The van der Waals surface area contributed by atoms with Gasteiger partial charge in [-0.3, -0.25) is 4.79 Å². The second kappa shape index (κ2) is 8.89. The smallest absolute Gasteiger partial charge is 0.277 e. The highest BCUT2D eigenvalue weighted by atomic mass is 35.5. The van der Waals surface area contributed by atoms with E-state index >= 15 is 0 Å². The zero-order valence-electron chi connectivity index (χ0n) is 16.4. The summed E-state index contributed by atoms with van der Waals surface area (Å²) in [7, 11) is 0. The third kappa shape index (κ3) is 4.66. The van der Waals surface area contributed by atoms with E-state index in [2.05, 4.69) is 25.5 Å². The van der Waals surface area contributed by atoms with Crippen LogP contribution in [0.2, 0.25) is 5.02 Å². The number of thioether (sulfide) groups is 1. The number of amides is 1. The van der Waals surface area contributed by atoms with Crippen LogP contribution in [-0.4, -0.2) is 31.8 Å². The van der Waals surface area contributed by atoms with Gasteiger partial charge in [-0.25, -0.2) is 4.98 Å². The first-order chi connectivity index (χ1) is 14.5. The van der Waals surface area contributed by atoms with Crippen LogP contribution in [0.4, 0.5) is 0 Å². The van der Waals surface area contributed by atoms with Crippen LogP contribution in [0.15, 0.2) is 58.2 Å². The van der Waals surface area contributed by atoms with Crippen molar-refractivity contribution in [2.24, 2.45) is 5.92 Å². The molecule has 0 radical (unpaired) electrons. The van der Waals surface area contributed by atoms with E-state index < -0.39 is 0 Å². The van der Waals surface area contributed by atoms with E-state index in [-0.39, 0.29) is 23.6 Å². The lowest BCUT2D eigenvalue weighted by molar-refractivity contribution is -0.119. The molecule has 30 heavy (non-hydrogen) atoms. The topological polar surface area (TPSA) is 96.7 Å². The van der Waals surface area contributed by atoms with Gasteiger partial charge in [0, 0.05) is 10.6 Å². The van der Waals surface area contributed by atoms with Crippen LogP contribution in [-0.2, 0) is 4.79 Å². The number of para-hydroxylation sites is 2. The van der Waals surface area contributed by atoms with E-state index in [1.807, 2.05) is 38.1 Å². The number of halogens is 1. The number of imidazole rings is 1. The lowest BCUT2D eigenvalue weighted by Crippen LogP contribution is -2.33. The first-order valence-electron chi connectivity index (χ1n) is 9.46. The zero-order chi connectivity index (χ0) is 21.1. The van der Waals surface area contributed by atoms with Crippen molar-refractivity contribution >= 4 is 40.3 Å². The van der Waals surface area contributed by atoms with Crippen molar-refractivity contribution in [1.29, 1.82) is 0 Å². The Morgan fingerprint density at radius 3 is 2.67 bits per heavy atom. The van der Waals surface area contributed by atoms with Gasteiger partial charge in [0.2, 0.25) is 11.8 Å². The number of carbonyl (C=O) groups excluding carboxylic acids is 1. The molecule has 1 unspecified atom stereocenters. The van der Waals surface area contributed by atoms with E-state index in [4.69, 9.17) is 16.0 Å². The van der Waals surface area contributed by atoms with Gasteiger partial charge >= 0.3 is 0 Å². The fourth-order valence-corrected chi connectivity index (χ4v) is 3.69. The lowest BCUT2D eigenvalue weighted by Gasteiger charge is -2.20. The summed E-state index contributed by atoms with van der Waals surface area (Å²) in [6, 6.07) is 14.7. The lowest BCUT2D eigenvalue weighted by atomic mass is 10.0. The Labute approximate surface area is 182 Å². The fraction of sp³-hybridized carbons (Fsp3) is 0.238. The normalized spacial score (nSPS) is 12.4. The van der Waals surface area contributed by atoms with Crippen LogP contribution >= 0.6 is 23.4 Å². The molecule has 0 fully saturated rings. The van der Waals surface area contributed by atoms with Crippen LogP contribution in [0.5, 0.6) is 0 Å². The molecule has 4 aromatic rings. The van der Waals surface area contributed by atoms with Crippen LogP contribution in [0.3, 0.4) is 0 Å². The molecule has 4 rings (SSSR count). The standard InChI is InChI=1S/C21H20ClN5O2S/c1-12(2)18(19-23-15-5-3-4-6-16(15)24-19)25-17(28)11-30-21-27-26-20(29-21)13-7-9-14(22)10-8-13/h3-10,12,18H,11H2,1-2H3,(H,23,24)(H,25,28). The maximum atomic E-state index is 12.6. The van der Waals surface area contributed by atoms with E-state index in [1.54, 1.807) is 24.3 Å². The van der Waals surface area contributed by atoms with Gasteiger partial charge in [-0.2, -0.15) is 0 Å². The minimum absolute atomic E-state index is 0.134. The van der Waals surface area contributed by atoms with Crippen LogP contribution in [0.1, 0.15) is 25.7 Å². The first-order valence-corrected chi connectivity index (χ1v) is 10.8. The molecule has 9 heteroatoms. The van der Waals surface area contributed by atoms with E-state index in [1.165, 1.54) is 11.8 Å². The number of nitrogens with zero attached hydrogens (tertiary/aromatic N) is 3. The maximum absolute atomic E-state index is 12.6. The van der Waals surface area contributed by atoms with E-state index in [0.717, 1.165) is 22.4 Å². The molecule has 154 valence electrons. The molecule has 0 bridgehead atoms. The average molecular weight is 442 g/mol. The molecule has 1 amide bonds. The molecule has 7 nitrogen and oxygen atoms in total. The van der Waals surface area contributed by atoms with Crippen molar-refractivity contribution in [1.82, 2.24) is 25.5 Å². The van der Waals surface area contributed by atoms with Gasteiger partial charge in [0.15, 0.2) is 0 Å². The molecule has 0 spiro atoms. The number of H-pyrrole nitrogens is 1. The Balaban J connectivity index is 1.39. The largest absolute Gasteiger partial charge is 0.411 e. The molecule has 1 atom stereocenters. The van der Waals surface area contributed by atoms with Gasteiger partial charge in [-0.1, -0.05) is 49.3 Å². The van der Waals surface area contributed by atoms with Gasteiger partial charge in [0.25, 0.3) is 5.22 Å². The van der Waals surface area contributed by atoms with Gasteiger partial charge < -0.3 is 14.7 Å². The Morgan fingerprint density at radius 2 is 1.93 bits per heavy atom. The fourth-order valence-electron chi connectivity index (χ4n) is 2.99. The molecule has 2 aromatic carbocycles. The van der Waals surface area contributed by atoms with Crippen molar-refractivity contribution in [2.75, 3.05) is 5.75 Å². The second-order valence-electron chi connectivity index (χ2n) is 7.10. The van der Waals surface area contributed by atoms with Gasteiger partial charge in [0.05, 0.1) is 22.8 Å². The Morgan fingerprint density at radius 1 is 1.17 bits per heavy atom. The van der Waals surface area contributed by atoms with Crippen LogP contribution in [0.25, 0.3) is 22.5 Å². The van der Waals surface area contributed by atoms with Gasteiger partial charge in [-0.05, 0) is 42.3 Å². The van der Waals surface area contributed by atoms with E-state index in [9.17, 15) is 4.79 Å². The summed E-state index contributed by atoms with van der Waals surface area (Å²) in [4.78, 5) is 20.5. The summed E-state index contributed by atoms with van der Waals surface area (Å²) in [6.45, 7) is 4.09. The van der Waals surface area contributed by atoms with Crippen molar-refractivity contribution in [3.63, 3.8) is 0 Å². The summed E-state index contributed by atoms with van der Waals surface area (Å²) < 4.78 is 5.64. The van der Waals surface area contributed by atoms with Crippen LogP contribution in [0, 0.1) is 5.92 Å². The predicted molar refractivity (Wildman–Crippen MR) is 117 cm³/mol. The number of nitrogens with one attached hydrogen (secondary N) is 2. The third-order valence-corrected chi connectivity index (χ3v) is 5.58. The highest BCUT2D eigenvalue weighted by molar-refractivity contribution is 7.99. The van der Waals surface area contributed by atoms with Gasteiger partial charge in [-0.15, -0.1) is 10.2 Å². The number of hydrogen-bond donors (Lipinski definition) is 2. The maximum Gasteiger partial charge on any atom is 0.277 e. The highest BCUT2D eigenvalue weighted by Gasteiger charge is 2.22. The van der Waals surface area contributed by atoms with Crippen LogP contribution < -0.4 is 5.32 Å². The minimum atomic E-state index is -0.224. The zero-order valence-corrected chi connectivity index (χ0v) is 18.0. The van der Waals surface area contributed by atoms with Crippen molar-refractivity contribution in [2.45, 2.75) is 25.1 Å². The third-order valence-electron chi connectivity index (χ3n) is 4.51. The Bertz CT molecular complexity index is 1120. The molecule has 2 aromatic heterocycles. The molecule has 2 heterocycles. The molecule has 2 N–H and O–H groups in total. The average Bonchev–Trinajstić information content (AvgIpc) is 3.37. The number of aromatic nitrogens is 4. The Kier molecular flexibility index (Phi) is 6.06.